The third-order valence-corrected chi connectivity index (χ3v) is 3.03. The van der Waals surface area contributed by atoms with Crippen LogP contribution in [-0.4, -0.2) is 41.3 Å². The van der Waals surface area contributed by atoms with Crippen LogP contribution < -0.4 is 15.2 Å². The van der Waals surface area contributed by atoms with Gasteiger partial charge in [-0.3, -0.25) is 9.69 Å². The standard InChI is InChI=1S/C12H14N2O4S/c1-14(5-10(15)16)11(12(13)19)7-2-3-8-9(4-7)18-6-17-8/h2-4,11H,5-6H2,1H3,(H2,13,19)(H,15,16). The molecule has 0 aromatic heterocycles. The summed E-state index contributed by atoms with van der Waals surface area (Å²) >= 11 is 5.03. The van der Waals surface area contributed by atoms with Crippen molar-refractivity contribution in [3.8, 4) is 11.5 Å². The largest absolute Gasteiger partial charge is 0.480 e. The molecule has 7 heteroatoms. The SMILES string of the molecule is CN(CC(=O)O)C(C(N)=S)c1ccc2c(c1)OCO2. The number of hydrogen-bond donors (Lipinski definition) is 2. The van der Waals surface area contributed by atoms with Crippen LogP contribution in [0.3, 0.4) is 0 Å². The molecular weight excluding hydrogens is 268 g/mol. The molecule has 1 aromatic carbocycles. The molecule has 2 rings (SSSR count). The monoisotopic (exact) mass is 282 g/mol. The van der Waals surface area contributed by atoms with Crippen molar-refractivity contribution < 1.29 is 19.4 Å². The van der Waals surface area contributed by atoms with E-state index in [9.17, 15) is 4.79 Å². The first-order valence-corrected chi connectivity index (χ1v) is 6.00. The van der Waals surface area contributed by atoms with E-state index in [1.807, 2.05) is 0 Å². The average Bonchev–Trinajstić information content (AvgIpc) is 2.74. The lowest BCUT2D eigenvalue weighted by molar-refractivity contribution is -0.138. The van der Waals surface area contributed by atoms with Crippen LogP contribution >= 0.6 is 12.2 Å². The van der Waals surface area contributed by atoms with E-state index >= 15 is 0 Å². The van der Waals surface area contributed by atoms with Crippen LogP contribution in [0, 0.1) is 0 Å². The molecule has 0 spiro atoms. The molecule has 19 heavy (non-hydrogen) atoms. The molecule has 0 saturated carbocycles. The fourth-order valence-corrected chi connectivity index (χ4v) is 2.34. The van der Waals surface area contributed by atoms with Gasteiger partial charge in [0, 0.05) is 0 Å². The highest BCUT2D eigenvalue weighted by atomic mass is 32.1. The van der Waals surface area contributed by atoms with Crippen LogP contribution in [0.2, 0.25) is 0 Å². The lowest BCUT2D eigenvalue weighted by Gasteiger charge is -2.26. The maximum absolute atomic E-state index is 10.8. The molecule has 0 amide bonds. The summed E-state index contributed by atoms with van der Waals surface area (Å²) in [5.74, 6) is 0.332. The normalized spacial score (nSPS) is 14.4. The van der Waals surface area contributed by atoms with Gasteiger partial charge in [-0.2, -0.15) is 0 Å². The first-order chi connectivity index (χ1) is 8.99. The molecule has 102 valence electrons. The van der Waals surface area contributed by atoms with E-state index in [0.29, 0.717) is 11.5 Å². The average molecular weight is 282 g/mol. The number of nitrogens with two attached hydrogens (primary N) is 1. The van der Waals surface area contributed by atoms with E-state index in [4.69, 9.17) is 32.5 Å². The highest BCUT2D eigenvalue weighted by Crippen LogP contribution is 2.35. The zero-order valence-electron chi connectivity index (χ0n) is 10.3. The van der Waals surface area contributed by atoms with Crippen LogP contribution in [0.1, 0.15) is 11.6 Å². The Morgan fingerprint density at radius 1 is 1.53 bits per heavy atom. The van der Waals surface area contributed by atoms with Crippen molar-refractivity contribution in [2.75, 3.05) is 20.4 Å². The van der Waals surface area contributed by atoms with Crippen molar-refractivity contribution in [3.05, 3.63) is 23.8 Å². The van der Waals surface area contributed by atoms with Gasteiger partial charge in [-0.05, 0) is 24.7 Å². The maximum atomic E-state index is 10.8. The van der Waals surface area contributed by atoms with Crippen LogP contribution in [0.4, 0.5) is 0 Å². The van der Waals surface area contributed by atoms with E-state index < -0.39 is 12.0 Å². The molecule has 3 N–H and O–H groups in total. The zero-order chi connectivity index (χ0) is 14.0. The van der Waals surface area contributed by atoms with Crippen LogP contribution in [-0.2, 0) is 4.79 Å². The molecule has 1 aliphatic rings. The smallest absolute Gasteiger partial charge is 0.317 e. The number of rotatable bonds is 5. The molecular formula is C12H14N2O4S. The van der Waals surface area contributed by atoms with E-state index in [0.717, 1.165) is 5.56 Å². The first kappa shape index (κ1) is 13.6. The number of aliphatic carboxylic acids is 1. The van der Waals surface area contributed by atoms with Gasteiger partial charge in [0.15, 0.2) is 11.5 Å². The topological polar surface area (TPSA) is 85.0 Å². The fraction of sp³-hybridized carbons (Fsp3) is 0.333. The van der Waals surface area contributed by atoms with Crippen molar-refractivity contribution in [1.29, 1.82) is 0 Å². The molecule has 1 aromatic rings. The van der Waals surface area contributed by atoms with Crippen molar-refractivity contribution >= 4 is 23.2 Å². The number of fused-ring (bicyclic) bond motifs is 1. The third-order valence-electron chi connectivity index (χ3n) is 2.81. The van der Waals surface area contributed by atoms with Gasteiger partial charge in [0.1, 0.15) is 0 Å². The Morgan fingerprint density at radius 2 is 2.21 bits per heavy atom. The summed E-state index contributed by atoms with van der Waals surface area (Å²) in [5, 5.41) is 8.85. The first-order valence-electron chi connectivity index (χ1n) is 5.60. The van der Waals surface area contributed by atoms with Crippen LogP contribution in [0.25, 0.3) is 0 Å². The number of ether oxygens (including phenoxy) is 2. The van der Waals surface area contributed by atoms with Crippen LogP contribution in [0.5, 0.6) is 11.5 Å². The number of likely N-dealkylation sites (N-methyl/N-ethyl adjacent to an activating group) is 1. The molecule has 1 aliphatic heterocycles. The lowest BCUT2D eigenvalue weighted by atomic mass is 10.0. The number of carbonyl (C=O) groups is 1. The summed E-state index contributed by atoms with van der Waals surface area (Å²) in [5.41, 5.74) is 6.49. The Bertz CT molecular complexity index is 520. The molecule has 0 radical (unpaired) electrons. The fourth-order valence-electron chi connectivity index (χ4n) is 2.02. The van der Waals surface area contributed by atoms with Gasteiger partial charge in [0.05, 0.1) is 17.6 Å². The van der Waals surface area contributed by atoms with Gasteiger partial charge in [-0.25, -0.2) is 0 Å². The Labute approximate surface area is 115 Å². The number of carboxylic acids is 1. The van der Waals surface area contributed by atoms with Gasteiger partial charge >= 0.3 is 5.97 Å². The third kappa shape index (κ3) is 2.94. The predicted octanol–water partition coefficient (Wildman–Crippen LogP) is 0.759. The molecule has 1 unspecified atom stereocenters. The quantitative estimate of drug-likeness (QED) is 0.771. The minimum atomic E-state index is -0.940. The number of carboxylic acid groups (broad SMARTS) is 1. The summed E-state index contributed by atoms with van der Waals surface area (Å²) in [6, 6.07) is 4.87. The minimum absolute atomic E-state index is 0.156. The van der Waals surface area contributed by atoms with Gasteiger partial charge in [0.25, 0.3) is 0 Å². The molecule has 6 nitrogen and oxygen atoms in total. The van der Waals surface area contributed by atoms with Crippen molar-refractivity contribution in [3.63, 3.8) is 0 Å². The van der Waals surface area contributed by atoms with Crippen molar-refractivity contribution in [1.82, 2.24) is 4.90 Å². The van der Waals surface area contributed by atoms with E-state index in [-0.39, 0.29) is 18.3 Å². The Hall–Kier alpha value is -1.86. The number of benzene rings is 1. The summed E-state index contributed by atoms with van der Waals surface area (Å²) in [6.07, 6.45) is 0. The summed E-state index contributed by atoms with van der Waals surface area (Å²) in [4.78, 5) is 12.6. The van der Waals surface area contributed by atoms with Gasteiger partial charge in [-0.1, -0.05) is 18.3 Å². The molecule has 0 saturated heterocycles. The molecule has 1 atom stereocenters. The maximum Gasteiger partial charge on any atom is 0.317 e. The molecule has 0 fully saturated rings. The summed E-state index contributed by atoms with van der Waals surface area (Å²) < 4.78 is 10.5. The highest BCUT2D eigenvalue weighted by molar-refractivity contribution is 7.80. The minimum Gasteiger partial charge on any atom is -0.480 e. The Balaban J connectivity index is 2.29. The van der Waals surface area contributed by atoms with Crippen LogP contribution in [0.15, 0.2) is 18.2 Å². The Kier molecular flexibility index (Phi) is 3.87. The van der Waals surface area contributed by atoms with E-state index in [1.54, 1.807) is 30.1 Å². The second-order valence-corrected chi connectivity index (χ2v) is 4.70. The second-order valence-electron chi connectivity index (χ2n) is 4.23. The van der Waals surface area contributed by atoms with Gasteiger partial charge in [-0.15, -0.1) is 0 Å². The van der Waals surface area contributed by atoms with Crippen molar-refractivity contribution in [2.24, 2.45) is 5.73 Å². The predicted molar refractivity (Wildman–Crippen MR) is 72.4 cm³/mol. The lowest BCUT2D eigenvalue weighted by Crippen LogP contribution is -2.37. The second kappa shape index (κ2) is 5.41. The zero-order valence-corrected chi connectivity index (χ0v) is 11.1. The number of thiocarbonyl (C=S) groups is 1. The summed E-state index contributed by atoms with van der Waals surface area (Å²) in [7, 11) is 1.66. The molecule has 0 bridgehead atoms. The number of nitrogens with zero attached hydrogens (tertiary/aromatic N) is 1. The molecule has 1 heterocycles. The van der Waals surface area contributed by atoms with E-state index in [1.165, 1.54) is 0 Å². The summed E-state index contributed by atoms with van der Waals surface area (Å²) in [6.45, 7) is 0.0257. The highest BCUT2D eigenvalue weighted by Gasteiger charge is 2.24. The van der Waals surface area contributed by atoms with Crippen molar-refractivity contribution in [2.45, 2.75) is 6.04 Å². The van der Waals surface area contributed by atoms with Gasteiger partial charge in [0.2, 0.25) is 6.79 Å². The molecule has 0 aliphatic carbocycles. The van der Waals surface area contributed by atoms with E-state index in [2.05, 4.69) is 0 Å². The van der Waals surface area contributed by atoms with Gasteiger partial charge < -0.3 is 20.3 Å². The number of hydrogen-bond acceptors (Lipinski definition) is 5. The Morgan fingerprint density at radius 3 is 2.84 bits per heavy atom.